The highest BCUT2D eigenvalue weighted by molar-refractivity contribution is 5.94. The van der Waals surface area contributed by atoms with Crippen molar-refractivity contribution in [1.82, 2.24) is 24.9 Å². The SMILES string of the molecule is O=C(NC1CCN(c2ccn3nccc3n2)CC1)c1cccnc1. The van der Waals surface area contributed by atoms with E-state index in [9.17, 15) is 4.79 Å². The van der Waals surface area contributed by atoms with Crippen LogP contribution < -0.4 is 10.2 Å². The highest BCUT2D eigenvalue weighted by Crippen LogP contribution is 2.18. The molecule has 3 aromatic heterocycles. The first-order valence-corrected chi connectivity index (χ1v) is 8.06. The van der Waals surface area contributed by atoms with Crippen molar-refractivity contribution in [1.29, 1.82) is 0 Å². The van der Waals surface area contributed by atoms with Gasteiger partial charge in [-0.2, -0.15) is 5.10 Å². The first-order valence-electron chi connectivity index (χ1n) is 8.06. The van der Waals surface area contributed by atoms with Gasteiger partial charge in [0.1, 0.15) is 5.82 Å². The number of rotatable bonds is 3. The van der Waals surface area contributed by atoms with E-state index in [2.05, 4.69) is 25.3 Å². The first kappa shape index (κ1) is 14.6. The molecule has 1 N–H and O–H groups in total. The molecule has 1 saturated heterocycles. The summed E-state index contributed by atoms with van der Waals surface area (Å²) in [6, 6.07) is 7.62. The van der Waals surface area contributed by atoms with Gasteiger partial charge in [0, 0.05) is 43.8 Å². The van der Waals surface area contributed by atoms with Gasteiger partial charge in [-0.3, -0.25) is 9.78 Å². The van der Waals surface area contributed by atoms with Crippen LogP contribution in [0.4, 0.5) is 5.82 Å². The fraction of sp³-hybridized carbons (Fsp3) is 0.294. The molecule has 0 aromatic carbocycles. The van der Waals surface area contributed by atoms with Crippen molar-refractivity contribution in [2.24, 2.45) is 0 Å². The number of carbonyl (C=O) groups excluding carboxylic acids is 1. The number of hydrogen-bond donors (Lipinski definition) is 1. The average Bonchev–Trinajstić information content (AvgIpc) is 3.11. The number of aromatic nitrogens is 4. The van der Waals surface area contributed by atoms with E-state index in [1.165, 1.54) is 0 Å². The van der Waals surface area contributed by atoms with E-state index in [-0.39, 0.29) is 11.9 Å². The van der Waals surface area contributed by atoms with Gasteiger partial charge < -0.3 is 10.2 Å². The quantitative estimate of drug-likeness (QED) is 0.791. The van der Waals surface area contributed by atoms with Crippen molar-refractivity contribution in [3.05, 3.63) is 54.6 Å². The van der Waals surface area contributed by atoms with Crippen molar-refractivity contribution >= 4 is 17.4 Å². The highest BCUT2D eigenvalue weighted by atomic mass is 16.1. The van der Waals surface area contributed by atoms with Crippen molar-refractivity contribution in [3.63, 3.8) is 0 Å². The predicted molar refractivity (Wildman–Crippen MR) is 89.9 cm³/mol. The van der Waals surface area contributed by atoms with Gasteiger partial charge in [0.15, 0.2) is 5.65 Å². The summed E-state index contributed by atoms with van der Waals surface area (Å²) in [7, 11) is 0. The Hall–Kier alpha value is -2.96. The van der Waals surface area contributed by atoms with Gasteiger partial charge in [-0.1, -0.05) is 0 Å². The Bertz CT molecular complexity index is 838. The number of hydrogen-bond acceptors (Lipinski definition) is 5. The maximum atomic E-state index is 12.2. The van der Waals surface area contributed by atoms with Crippen LogP contribution in [0.25, 0.3) is 5.65 Å². The number of amides is 1. The molecule has 0 aliphatic carbocycles. The maximum absolute atomic E-state index is 12.2. The van der Waals surface area contributed by atoms with Gasteiger partial charge in [-0.15, -0.1) is 0 Å². The van der Waals surface area contributed by atoms with E-state index < -0.39 is 0 Å². The van der Waals surface area contributed by atoms with E-state index in [1.54, 1.807) is 35.2 Å². The number of pyridine rings is 1. The minimum Gasteiger partial charge on any atom is -0.356 e. The van der Waals surface area contributed by atoms with Crippen molar-refractivity contribution in [2.75, 3.05) is 18.0 Å². The summed E-state index contributed by atoms with van der Waals surface area (Å²) >= 11 is 0. The topological polar surface area (TPSA) is 75.4 Å². The molecular weight excluding hydrogens is 304 g/mol. The van der Waals surface area contributed by atoms with Crippen LogP contribution in [0.1, 0.15) is 23.2 Å². The van der Waals surface area contributed by atoms with Crippen molar-refractivity contribution in [2.45, 2.75) is 18.9 Å². The van der Waals surface area contributed by atoms with Gasteiger partial charge in [-0.25, -0.2) is 9.50 Å². The lowest BCUT2D eigenvalue weighted by Crippen LogP contribution is -2.45. The van der Waals surface area contributed by atoms with Crippen LogP contribution in [0, 0.1) is 0 Å². The van der Waals surface area contributed by atoms with Gasteiger partial charge in [0.05, 0.1) is 11.8 Å². The van der Waals surface area contributed by atoms with Gasteiger partial charge in [-0.05, 0) is 31.0 Å². The van der Waals surface area contributed by atoms with Crippen LogP contribution >= 0.6 is 0 Å². The fourth-order valence-electron chi connectivity index (χ4n) is 3.00. The maximum Gasteiger partial charge on any atom is 0.253 e. The van der Waals surface area contributed by atoms with Crippen LogP contribution in [0.3, 0.4) is 0 Å². The first-order chi connectivity index (χ1) is 11.8. The molecule has 122 valence electrons. The van der Waals surface area contributed by atoms with Crippen LogP contribution in [-0.2, 0) is 0 Å². The third-order valence-electron chi connectivity index (χ3n) is 4.32. The van der Waals surface area contributed by atoms with E-state index in [4.69, 9.17) is 0 Å². The largest absolute Gasteiger partial charge is 0.356 e. The van der Waals surface area contributed by atoms with E-state index in [0.717, 1.165) is 37.4 Å². The molecule has 4 rings (SSSR count). The molecular formula is C17H18N6O. The smallest absolute Gasteiger partial charge is 0.253 e. The predicted octanol–water partition coefficient (Wildman–Crippen LogP) is 1.52. The second kappa shape index (κ2) is 6.27. The van der Waals surface area contributed by atoms with E-state index >= 15 is 0 Å². The Morgan fingerprint density at radius 3 is 2.83 bits per heavy atom. The third-order valence-corrected chi connectivity index (χ3v) is 4.32. The Morgan fingerprint density at radius 1 is 1.17 bits per heavy atom. The van der Waals surface area contributed by atoms with Gasteiger partial charge >= 0.3 is 0 Å². The molecule has 24 heavy (non-hydrogen) atoms. The van der Waals surface area contributed by atoms with Gasteiger partial charge in [0.2, 0.25) is 0 Å². The molecule has 0 bridgehead atoms. The summed E-state index contributed by atoms with van der Waals surface area (Å²) < 4.78 is 1.75. The molecule has 1 aliphatic heterocycles. The standard InChI is InChI=1S/C17H18N6O/c24-17(13-2-1-7-18-12-13)20-14-4-9-22(10-5-14)15-6-11-23-16(21-15)3-8-19-23/h1-3,6-8,11-12,14H,4-5,9-10H2,(H,20,24). The zero-order chi connectivity index (χ0) is 16.4. The molecule has 7 nitrogen and oxygen atoms in total. The molecule has 1 amide bonds. The Kier molecular flexibility index (Phi) is 3.82. The molecule has 0 spiro atoms. The summed E-state index contributed by atoms with van der Waals surface area (Å²) in [5, 5.41) is 7.25. The van der Waals surface area contributed by atoms with Crippen molar-refractivity contribution in [3.8, 4) is 0 Å². The van der Waals surface area contributed by atoms with E-state index in [1.807, 2.05) is 18.3 Å². The van der Waals surface area contributed by atoms with Crippen LogP contribution in [0.2, 0.25) is 0 Å². The lowest BCUT2D eigenvalue weighted by Gasteiger charge is -2.33. The summed E-state index contributed by atoms with van der Waals surface area (Å²) in [6.45, 7) is 1.74. The van der Waals surface area contributed by atoms with E-state index in [0.29, 0.717) is 5.56 Å². The van der Waals surface area contributed by atoms with Gasteiger partial charge in [0.25, 0.3) is 5.91 Å². The molecule has 7 heteroatoms. The lowest BCUT2D eigenvalue weighted by molar-refractivity contribution is 0.0930. The fourth-order valence-corrected chi connectivity index (χ4v) is 3.00. The van der Waals surface area contributed by atoms with Crippen molar-refractivity contribution < 1.29 is 4.79 Å². The Morgan fingerprint density at radius 2 is 2.04 bits per heavy atom. The average molecular weight is 322 g/mol. The third kappa shape index (κ3) is 2.92. The van der Waals surface area contributed by atoms with Crippen LogP contribution in [0.15, 0.2) is 49.1 Å². The molecule has 4 heterocycles. The summed E-state index contributed by atoms with van der Waals surface area (Å²) in [5.74, 6) is 0.903. The highest BCUT2D eigenvalue weighted by Gasteiger charge is 2.22. The number of nitrogens with zero attached hydrogens (tertiary/aromatic N) is 5. The monoisotopic (exact) mass is 322 g/mol. The number of carbonyl (C=O) groups is 1. The number of nitrogens with one attached hydrogen (secondary N) is 1. The second-order valence-corrected chi connectivity index (χ2v) is 5.90. The lowest BCUT2D eigenvalue weighted by atomic mass is 10.0. The molecule has 0 atom stereocenters. The minimum absolute atomic E-state index is 0.0552. The summed E-state index contributed by atoms with van der Waals surface area (Å²) in [6.07, 6.45) is 8.73. The normalized spacial score (nSPS) is 15.6. The Labute approximate surface area is 139 Å². The molecule has 3 aromatic rings. The molecule has 0 radical (unpaired) electrons. The second-order valence-electron chi connectivity index (χ2n) is 5.90. The zero-order valence-electron chi connectivity index (χ0n) is 13.2. The summed E-state index contributed by atoms with van der Waals surface area (Å²) in [4.78, 5) is 23.1. The Balaban J connectivity index is 1.37. The minimum atomic E-state index is -0.0552. The summed E-state index contributed by atoms with van der Waals surface area (Å²) in [5.41, 5.74) is 1.45. The number of fused-ring (bicyclic) bond motifs is 1. The molecule has 1 aliphatic rings. The van der Waals surface area contributed by atoms with Crippen LogP contribution in [-0.4, -0.2) is 44.6 Å². The number of anilines is 1. The van der Waals surface area contributed by atoms with Crippen LogP contribution in [0.5, 0.6) is 0 Å². The molecule has 0 saturated carbocycles. The molecule has 0 unspecified atom stereocenters. The molecule has 1 fully saturated rings. The number of piperidine rings is 1. The zero-order valence-corrected chi connectivity index (χ0v) is 13.2.